The summed E-state index contributed by atoms with van der Waals surface area (Å²) < 4.78 is 13.7. The monoisotopic (exact) mass is 269 g/mol. The summed E-state index contributed by atoms with van der Waals surface area (Å²) in [6.45, 7) is 7.16. The third-order valence-corrected chi connectivity index (χ3v) is 5.17. The Morgan fingerprint density at radius 2 is 2.28 bits per heavy atom. The first kappa shape index (κ1) is 13.8. The second kappa shape index (κ2) is 4.82. The average molecular weight is 269 g/mol. The van der Waals surface area contributed by atoms with Gasteiger partial charge in [0.1, 0.15) is 0 Å². The maximum atomic E-state index is 11.5. The third-order valence-electron chi connectivity index (χ3n) is 3.89. The van der Waals surface area contributed by atoms with Crippen molar-refractivity contribution in [1.29, 1.82) is 0 Å². The van der Waals surface area contributed by atoms with Gasteiger partial charge in [-0.15, -0.1) is 0 Å². The van der Waals surface area contributed by atoms with E-state index in [1.54, 1.807) is 6.26 Å². The van der Waals surface area contributed by atoms with Crippen molar-refractivity contribution in [3.63, 3.8) is 0 Å². The van der Waals surface area contributed by atoms with Gasteiger partial charge in [-0.2, -0.15) is 0 Å². The highest BCUT2D eigenvalue weighted by Crippen LogP contribution is 2.41. The molecule has 0 saturated heterocycles. The van der Waals surface area contributed by atoms with Crippen LogP contribution in [0.25, 0.3) is 0 Å². The molecule has 3 nitrogen and oxygen atoms in total. The van der Waals surface area contributed by atoms with Gasteiger partial charge in [0, 0.05) is 46.3 Å². The summed E-state index contributed by atoms with van der Waals surface area (Å²) in [5.74, 6) is 0. The minimum absolute atomic E-state index is 0.136. The van der Waals surface area contributed by atoms with E-state index in [0.717, 1.165) is 24.9 Å². The standard InChI is InChI=1S/C14H23NO2S/c1-10(18(4)17)9-15-6-5-11-12(15)7-14(2,3)8-13(11)16/h5-6,10,13,16H,7-9H2,1-4H3. The molecule has 2 rings (SSSR count). The molecule has 0 saturated carbocycles. The number of aromatic nitrogens is 1. The van der Waals surface area contributed by atoms with Gasteiger partial charge in [0.25, 0.3) is 0 Å². The van der Waals surface area contributed by atoms with Gasteiger partial charge in [-0.05, 0) is 31.2 Å². The van der Waals surface area contributed by atoms with Crippen LogP contribution in [-0.2, 0) is 23.8 Å². The molecule has 102 valence electrons. The van der Waals surface area contributed by atoms with E-state index >= 15 is 0 Å². The Balaban J connectivity index is 2.28. The molecule has 1 heterocycles. The molecule has 0 fully saturated rings. The van der Waals surface area contributed by atoms with E-state index in [4.69, 9.17) is 0 Å². The first-order valence-electron chi connectivity index (χ1n) is 6.48. The van der Waals surface area contributed by atoms with Crippen LogP contribution in [0, 0.1) is 5.41 Å². The number of rotatable bonds is 3. The molecular formula is C14H23NO2S. The molecule has 4 heteroatoms. The van der Waals surface area contributed by atoms with Gasteiger partial charge in [0.2, 0.25) is 0 Å². The number of nitrogens with zero attached hydrogens (tertiary/aromatic N) is 1. The first-order chi connectivity index (χ1) is 8.30. The number of aliphatic hydroxyl groups excluding tert-OH is 1. The molecule has 1 N–H and O–H groups in total. The fourth-order valence-electron chi connectivity index (χ4n) is 2.74. The van der Waals surface area contributed by atoms with Gasteiger partial charge >= 0.3 is 0 Å². The molecule has 0 aliphatic heterocycles. The van der Waals surface area contributed by atoms with Crippen LogP contribution in [0.2, 0.25) is 0 Å². The number of fused-ring (bicyclic) bond motifs is 1. The lowest BCUT2D eigenvalue weighted by molar-refractivity contribution is 0.0979. The van der Waals surface area contributed by atoms with Crippen molar-refractivity contribution in [1.82, 2.24) is 4.57 Å². The summed E-state index contributed by atoms with van der Waals surface area (Å²) in [5, 5.41) is 10.3. The van der Waals surface area contributed by atoms with Crippen molar-refractivity contribution in [2.45, 2.75) is 51.5 Å². The van der Waals surface area contributed by atoms with Crippen LogP contribution >= 0.6 is 0 Å². The first-order valence-corrected chi connectivity index (χ1v) is 8.10. The zero-order valence-electron chi connectivity index (χ0n) is 11.6. The summed E-state index contributed by atoms with van der Waals surface area (Å²) in [5.41, 5.74) is 2.41. The molecule has 3 unspecified atom stereocenters. The van der Waals surface area contributed by atoms with Crippen molar-refractivity contribution in [2.75, 3.05) is 6.26 Å². The zero-order valence-corrected chi connectivity index (χ0v) is 12.5. The fraction of sp³-hybridized carbons (Fsp3) is 0.714. The van der Waals surface area contributed by atoms with Gasteiger partial charge in [-0.3, -0.25) is 4.21 Å². The molecule has 0 spiro atoms. The Hall–Kier alpha value is -0.610. The highest BCUT2D eigenvalue weighted by Gasteiger charge is 2.33. The van der Waals surface area contributed by atoms with Crippen LogP contribution in [0.4, 0.5) is 0 Å². The molecule has 1 aromatic heterocycles. The summed E-state index contributed by atoms with van der Waals surface area (Å²) in [6.07, 6.45) is 5.22. The van der Waals surface area contributed by atoms with Crippen LogP contribution in [-0.4, -0.2) is 25.4 Å². The number of hydrogen-bond acceptors (Lipinski definition) is 2. The predicted octanol–water partition coefficient (Wildman–Crippen LogP) is 2.26. The summed E-state index contributed by atoms with van der Waals surface area (Å²) >= 11 is 0. The highest BCUT2D eigenvalue weighted by molar-refractivity contribution is 7.84. The van der Waals surface area contributed by atoms with E-state index in [1.807, 2.05) is 19.2 Å². The van der Waals surface area contributed by atoms with Crippen LogP contribution in [0.15, 0.2) is 12.3 Å². The molecule has 1 aliphatic rings. The van der Waals surface area contributed by atoms with Crippen molar-refractivity contribution >= 4 is 10.8 Å². The number of hydrogen-bond donors (Lipinski definition) is 1. The van der Waals surface area contributed by atoms with Gasteiger partial charge in [-0.25, -0.2) is 0 Å². The SMILES string of the molecule is CC(Cn1ccc2c1CC(C)(C)CC2O)S(C)=O. The third kappa shape index (κ3) is 2.69. The maximum absolute atomic E-state index is 11.5. The Labute approximate surface area is 112 Å². The van der Waals surface area contributed by atoms with E-state index in [0.29, 0.717) is 0 Å². The second-order valence-electron chi connectivity index (χ2n) is 6.24. The normalized spacial score (nSPS) is 25.5. The molecule has 0 aromatic carbocycles. The lowest BCUT2D eigenvalue weighted by atomic mass is 9.75. The van der Waals surface area contributed by atoms with Crippen molar-refractivity contribution < 1.29 is 9.32 Å². The van der Waals surface area contributed by atoms with Gasteiger partial charge in [0.15, 0.2) is 0 Å². The Bertz CT molecular complexity index is 464. The molecule has 3 atom stereocenters. The van der Waals surface area contributed by atoms with E-state index in [9.17, 15) is 9.32 Å². The van der Waals surface area contributed by atoms with E-state index in [1.165, 1.54) is 5.69 Å². The molecule has 1 aliphatic carbocycles. The van der Waals surface area contributed by atoms with Crippen molar-refractivity contribution in [3.8, 4) is 0 Å². The Morgan fingerprint density at radius 3 is 2.89 bits per heavy atom. The highest BCUT2D eigenvalue weighted by atomic mass is 32.2. The van der Waals surface area contributed by atoms with Gasteiger partial charge in [-0.1, -0.05) is 13.8 Å². The predicted molar refractivity (Wildman–Crippen MR) is 75.0 cm³/mol. The Kier molecular flexibility index (Phi) is 3.70. The molecule has 0 bridgehead atoms. The lowest BCUT2D eigenvalue weighted by Gasteiger charge is -2.34. The molecule has 18 heavy (non-hydrogen) atoms. The largest absolute Gasteiger partial charge is 0.388 e. The molecule has 1 aromatic rings. The lowest BCUT2D eigenvalue weighted by Crippen LogP contribution is -2.28. The second-order valence-corrected chi connectivity index (χ2v) is 8.04. The van der Waals surface area contributed by atoms with E-state index in [-0.39, 0.29) is 16.8 Å². The topological polar surface area (TPSA) is 42.2 Å². The van der Waals surface area contributed by atoms with E-state index < -0.39 is 10.8 Å². The van der Waals surface area contributed by atoms with Crippen LogP contribution in [0.1, 0.15) is 44.6 Å². The molecular weight excluding hydrogens is 246 g/mol. The van der Waals surface area contributed by atoms with Gasteiger partial charge in [0.05, 0.1) is 6.10 Å². The Morgan fingerprint density at radius 1 is 1.61 bits per heavy atom. The van der Waals surface area contributed by atoms with Crippen molar-refractivity contribution in [3.05, 3.63) is 23.5 Å². The van der Waals surface area contributed by atoms with Crippen LogP contribution in [0.3, 0.4) is 0 Å². The zero-order chi connectivity index (χ0) is 13.5. The van der Waals surface area contributed by atoms with Crippen LogP contribution in [0.5, 0.6) is 0 Å². The quantitative estimate of drug-likeness (QED) is 0.914. The molecule has 0 radical (unpaired) electrons. The fourth-order valence-corrected chi connectivity index (χ4v) is 3.11. The van der Waals surface area contributed by atoms with Crippen LogP contribution < -0.4 is 0 Å². The van der Waals surface area contributed by atoms with Gasteiger partial charge < -0.3 is 9.67 Å². The van der Waals surface area contributed by atoms with Crippen molar-refractivity contribution in [2.24, 2.45) is 5.41 Å². The minimum atomic E-state index is -0.807. The van der Waals surface area contributed by atoms with E-state index in [2.05, 4.69) is 18.4 Å². The summed E-state index contributed by atoms with van der Waals surface area (Å²) in [7, 11) is -0.807. The average Bonchev–Trinajstić information content (AvgIpc) is 2.59. The molecule has 0 amide bonds. The minimum Gasteiger partial charge on any atom is -0.388 e. The summed E-state index contributed by atoms with van der Waals surface area (Å²) in [4.78, 5) is 0. The summed E-state index contributed by atoms with van der Waals surface area (Å²) in [6, 6.07) is 2.01. The maximum Gasteiger partial charge on any atom is 0.0812 e. The smallest absolute Gasteiger partial charge is 0.0812 e. The number of aliphatic hydroxyl groups is 1.